The fraction of sp³-hybridized carbons (Fsp3) is 0.538. The van der Waals surface area contributed by atoms with Gasteiger partial charge in [-0.05, 0) is 25.3 Å². The number of azo groups is 1. The van der Waals surface area contributed by atoms with E-state index in [-0.39, 0.29) is 17.2 Å². The van der Waals surface area contributed by atoms with E-state index >= 15 is 0 Å². The normalized spacial score (nSPS) is 12.6. The maximum atomic E-state index is 10.1. The maximum absolute atomic E-state index is 10.1. The van der Waals surface area contributed by atoms with Crippen LogP contribution in [0, 0.1) is 0 Å². The van der Waals surface area contributed by atoms with E-state index in [0.29, 0.717) is 5.69 Å². The van der Waals surface area contributed by atoms with Crippen LogP contribution in [0.5, 0.6) is 5.75 Å². The molecule has 3 heteroatoms. The largest absolute Gasteiger partial charge is 0.505 e. The van der Waals surface area contributed by atoms with Gasteiger partial charge in [-0.25, -0.2) is 0 Å². The third kappa shape index (κ3) is 3.05. The minimum Gasteiger partial charge on any atom is -0.505 e. The zero-order valence-corrected chi connectivity index (χ0v) is 10.7. The first-order valence-corrected chi connectivity index (χ1v) is 5.55. The summed E-state index contributed by atoms with van der Waals surface area (Å²) in [7, 11) is 0. The van der Waals surface area contributed by atoms with Crippen molar-refractivity contribution >= 4 is 5.69 Å². The summed E-state index contributed by atoms with van der Waals surface area (Å²) < 4.78 is 0. The SMILES string of the molecule is CC(C)N=Nc1cccc(C(C)(C)C)c1O. The van der Waals surface area contributed by atoms with E-state index in [1.165, 1.54) is 0 Å². The predicted octanol–water partition coefficient (Wildman–Crippen LogP) is 4.18. The van der Waals surface area contributed by atoms with Crippen LogP contribution in [0.2, 0.25) is 0 Å². The van der Waals surface area contributed by atoms with Crippen LogP contribution in [0.25, 0.3) is 0 Å². The number of phenolic OH excluding ortho intramolecular Hbond substituents is 1. The molecule has 16 heavy (non-hydrogen) atoms. The van der Waals surface area contributed by atoms with E-state index in [0.717, 1.165) is 5.56 Å². The lowest BCUT2D eigenvalue weighted by molar-refractivity contribution is 0.447. The van der Waals surface area contributed by atoms with Gasteiger partial charge in [0, 0.05) is 5.56 Å². The second kappa shape index (κ2) is 4.64. The smallest absolute Gasteiger partial charge is 0.146 e. The average Bonchev–Trinajstić information content (AvgIpc) is 2.14. The van der Waals surface area contributed by atoms with Crippen LogP contribution in [0.15, 0.2) is 28.4 Å². The molecule has 0 atom stereocenters. The number of nitrogens with zero attached hydrogens (tertiary/aromatic N) is 2. The molecular weight excluding hydrogens is 200 g/mol. The molecule has 88 valence electrons. The van der Waals surface area contributed by atoms with Crippen LogP contribution in [-0.4, -0.2) is 11.1 Å². The fourth-order valence-corrected chi connectivity index (χ4v) is 1.39. The number of benzene rings is 1. The number of hydrogen-bond donors (Lipinski definition) is 1. The Morgan fingerprint density at radius 2 is 1.81 bits per heavy atom. The Morgan fingerprint density at radius 3 is 2.31 bits per heavy atom. The molecule has 1 rings (SSSR count). The van der Waals surface area contributed by atoms with Gasteiger partial charge in [0.2, 0.25) is 0 Å². The van der Waals surface area contributed by atoms with Crippen molar-refractivity contribution in [1.82, 2.24) is 0 Å². The Morgan fingerprint density at radius 1 is 1.19 bits per heavy atom. The summed E-state index contributed by atoms with van der Waals surface area (Å²) in [5.74, 6) is 0.236. The van der Waals surface area contributed by atoms with Crippen LogP contribution in [0.1, 0.15) is 40.2 Å². The van der Waals surface area contributed by atoms with Crippen LogP contribution < -0.4 is 0 Å². The zero-order valence-electron chi connectivity index (χ0n) is 10.7. The Balaban J connectivity index is 3.14. The van der Waals surface area contributed by atoms with Crippen molar-refractivity contribution in [2.45, 2.75) is 46.1 Å². The summed E-state index contributed by atoms with van der Waals surface area (Å²) in [6.07, 6.45) is 0. The highest BCUT2D eigenvalue weighted by Crippen LogP contribution is 2.37. The van der Waals surface area contributed by atoms with Crippen molar-refractivity contribution in [2.24, 2.45) is 10.2 Å². The molecule has 0 aliphatic rings. The van der Waals surface area contributed by atoms with Crippen molar-refractivity contribution in [1.29, 1.82) is 0 Å². The van der Waals surface area contributed by atoms with E-state index in [2.05, 4.69) is 31.0 Å². The molecular formula is C13H20N2O. The van der Waals surface area contributed by atoms with E-state index in [1.807, 2.05) is 26.0 Å². The molecule has 0 bridgehead atoms. The molecule has 1 aromatic rings. The van der Waals surface area contributed by atoms with Gasteiger partial charge < -0.3 is 5.11 Å². The van der Waals surface area contributed by atoms with Gasteiger partial charge >= 0.3 is 0 Å². The standard InChI is InChI=1S/C13H20N2O/c1-9(2)14-15-11-8-6-7-10(12(11)16)13(3,4)5/h6-9,16H,1-5H3. The van der Waals surface area contributed by atoms with Crippen molar-refractivity contribution in [3.63, 3.8) is 0 Å². The molecule has 1 aromatic carbocycles. The highest BCUT2D eigenvalue weighted by Gasteiger charge is 2.19. The van der Waals surface area contributed by atoms with E-state index in [1.54, 1.807) is 6.07 Å². The molecule has 0 fully saturated rings. The first-order valence-electron chi connectivity index (χ1n) is 5.55. The molecule has 0 aromatic heterocycles. The van der Waals surface area contributed by atoms with Gasteiger partial charge in [0.15, 0.2) is 0 Å². The monoisotopic (exact) mass is 220 g/mol. The lowest BCUT2D eigenvalue weighted by Crippen LogP contribution is -2.10. The fourth-order valence-electron chi connectivity index (χ4n) is 1.39. The minimum atomic E-state index is -0.0898. The quantitative estimate of drug-likeness (QED) is 0.746. The number of rotatable bonds is 2. The van der Waals surface area contributed by atoms with Crippen LogP contribution in [0.4, 0.5) is 5.69 Å². The van der Waals surface area contributed by atoms with Crippen LogP contribution >= 0.6 is 0 Å². The molecule has 0 unspecified atom stereocenters. The van der Waals surface area contributed by atoms with E-state index in [9.17, 15) is 5.11 Å². The van der Waals surface area contributed by atoms with Gasteiger partial charge in [0.25, 0.3) is 0 Å². The molecule has 0 saturated heterocycles. The molecule has 0 amide bonds. The summed E-state index contributed by atoms with van der Waals surface area (Å²) in [6, 6.07) is 5.73. The highest BCUT2D eigenvalue weighted by molar-refractivity contribution is 5.56. The first kappa shape index (κ1) is 12.7. The Bertz CT molecular complexity index is 389. The summed E-state index contributed by atoms with van der Waals surface area (Å²) in [4.78, 5) is 0. The predicted molar refractivity (Wildman–Crippen MR) is 66.5 cm³/mol. The Kier molecular flexibility index (Phi) is 3.68. The second-order valence-electron chi connectivity index (χ2n) is 5.23. The summed E-state index contributed by atoms with van der Waals surface area (Å²) in [5.41, 5.74) is 1.35. The summed E-state index contributed by atoms with van der Waals surface area (Å²) in [5, 5.41) is 18.2. The zero-order chi connectivity index (χ0) is 12.3. The molecule has 0 aliphatic carbocycles. The third-order valence-corrected chi connectivity index (χ3v) is 2.22. The van der Waals surface area contributed by atoms with Gasteiger partial charge in [-0.3, -0.25) is 0 Å². The van der Waals surface area contributed by atoms with Gasteiger partial charge in [0.1, 0.15) is 11.4 Å². The lowest BCUT2D eigenvalue weighted by Gasteiger charge is -2.20. The number of para-hydroxylation sites is 1. The van der Waals surface area contributed by atoms with Gasteiger partial charge in [-0.1, -0.05) is 32.9 Å². The van der Waals surface area contributed by atoms with Gasteiger partial charge in [-0.15, -0.1) is 0 Å². The third-order valence-electron chi connectivity index (χ3n) is 2.22. The topological polar surface area (TPSA) is 45.0 Å². The average molecular weight is 220 g/mol. The summed E-state index contributed by atoms with van der Waals surface area (Å²) in [6.45, 7) is 10.1. The molecule has 0 saturated carbocycles. The molecule has 0 spiro atoms. The number of aromatic hydroxyl groups is 1. The van der Waals surface area contributed by atoms with Crippen LogP contribution in [0.3, 0.4) is 0 Å². The second-order valence-corrected chi connectivity index (χ2v) is 5.23. The van der Waals surface area contributed by atoms with Crippen molar-refractivity contribution < 1.29 is 5.11 Å². The first-order chi connectivity index (χ1) is 7.32. The minimum absolute atomic E-state index is 0.0898. The Labute approximate surface area is 97.2 Å². The lowest BCUT2D eigenvalue weighted by atomic mass is 9.86. The highest BCUT2D eigenvalue weighted by atomic mass is 16.3. The van der Waals surface area contributed by atoms with E-state index in [4.69, 9.17) is 0 Å². The Hall–Kier alpha value is -1.38. The van der Waals surface area contributed by atoms with Gasteiger partial charge in [-0.2, -0.15) is 10.2 Å². The molecule has 3 nitrogen and oxygen atoms in total. The van der Waals surface area contributed by atoms with Crippen LogP contribution in [-0.2, 0) is 5.41 Å². The van der Waals surface area contributed by atoms with E-state index < -0.39 is 0 Å². The van der Waals surface area contributed by atoms with Crippen molar-refractivity contribution in [3.05, 3.63) is 23.8 Å². The number of hydrogen-bond acceptors (Lipinski definition) is 3. The van der Waals surface area contributed by atoms with Crippen molar-refractivity contribution in [3.8, 4) is 5.75 Å². The molecule has 0 radical (unpaired) electrons. The number of phenols is 1. The van der Waals surface area contributed by atoms with Gasteiger partial charge in [0.05, 0.1) is 6.04 Å². The molecule has 1 N–H and O–H groups in total. The molecule has 0 heterocycles. The summed E-state index contributed by atoms with van der Waals surface area (Å²) >= 11 is 0. The van der Waals surface area contributed by atoms with Crippen molar-refractivity contribution in [2.75, 3.05) is 0 Å². The molecule has 0 aliphatic heterocycles. The maximum Gasteiger partial charge on any atom is 0.146 e.